The number of hydrogen-bond donors (Lipinski definition) is 2. The van der Waals surface area contributed by atoms with E-state index >= 15 is 0 Å². The first-order chi connectivity index (χ1) is 12.5. The van der Waals surface area contributed by atoms with Gasteiger partial charge in [0, 0.05) is 25.7 Å². The highest BCUT2D eigenvalue weighted by atomic mass is 16.2. The Morgan fingerprint density at radius 2 is 2.00 bits per heavy atom. The number of imide groups is 1. The third kappa shape index (κ3) is 4.60. The van der Waals surface area contributed by atoms with Gasteiger partial charge in [0.2, 0.25) is 11.8 Å². The number of nitrogens with one attached hydrogen (secondary N) is 2. The Morgan fingerprint density at radius 1 is 1.23 bits per heavy atom. The Bertz CT molecular complexity index is 664. The fourth-order valence-corrected chi connectivity index (χ4v) is 3.79. The smallest absolute Gasteiger partial charge is 0.325 e. The van der Waals surface area contributed by atoms with Crippen LogP contribution in [0.4, 0.5) is 4.79 Å². The highest BCUT2D eigenvalue weighted by molar-refractivity contribution is 6.03. The fourth-order valence-electron chi connectivity index (χ4n) is 3.79. The summed E-state index contributed by atoms with van der Waals surface area (Å²) in [6, 6.07) is 9.90. The molecular formula is C19H26N4O3. The molecule has 2 aliphatic heterocycles. The highest BCUT2D eigenvalue weighted by Gasteiger charge is 2.34. The molecule has 7 nitrogen and oxygen atoms in total. The Kier molecular flexibility index (Phi) is 5.88. The Balaban J connectivity index is 1.55. The maximum Gasteiger partial charge on any atom is 0.325 e. The minimum Gasteiger partial charge on any atom is -0.350 e. The molecule has 2 aliphatic rings. The minimum absolute atomic E-state index is 0.0462. The topological polar surface area (TPSA) is 81.8 Å². The molecule has 0 unspecified atom stereocenters. The van der Waals surface area contributed by atoms with Crippen LogP contribution in [0.3, 0.4) is 0 Å². The van der Waals surface area contributed by atoms with Crippen molar-refractivity contribution in [3.8, 4) is 0 Å². The third-order valence-corrected chi connectivity index (χ3v) is 4.97. The molecule has 1 aromatic carbocycles. The van der Waals surface area contributed by atoms with Crippen molar-refractivity contribution >= 4 is 17.8 Å². The summed E-state index contributed by atoms with van der Waals surface area (Å²) < 4.78 is 0. The van der Waals surface area contributed by atoms with E-state index < -0.39 is 6.03 Å². The molecule has 1 aromatic rings. The molecule has 0 radical (unpaired) electrons. The molecule has 7 heteroatoms. The molecule has 2 fully saturated rings. The number of nitrogens with zero attached hydrogens (tertiary/aromatic N) is 2. The van der Waals surface area contributed by atoms with E-state index in [1.54, 1.807) is 0 Å². The molecule has 2 atom stereocenters. The molecule has 0 saturated carbocycles. The van der Waals surface area contributed by atoms with Gasteiger partial charge in [-0.05, 0) is 17.9 Å². The molecule has 4 amide bonds. The highest BCUT2D eigenvalue weighted by Crippen LogP contribution is 2.23. The van der Waals surface area contributed by atoms with Gasteiger partial charge in [-0.15, -0.1) is 0 Å². The van der Waals surface area contributed by atoms with Crippen LogP contribution >= 0.6 is 0 Å². The number of carbonyl (C=O) groups is 3. The summed E-state index contributed by atoms with van der Waals surface area (Å²) in [6.07, 6.45) is 2.12. The summed E-state index contributed by atoms with van der Waals surface area (Å²) in [4.78, 5) is 38.8. The Morgan fingerprint density at radius 3 is 2.65 bits per heavy atom. The molecule has 0 spiro atoms. The molecule has 26 heavy (non-hydrogen) atoms. The lowest BCUT2D eigenvalue weighted by atomic mass is 9.98. The van der Waals surface area contributed by atoms with Gasteiger partial charge in [-0.2, -0.15) is 0 Å². The first kappa shape index (κ1) is 18.4. The molecule has 0 aliphatic carbocycles. The summed E-state index contributed by atoms with van der Waals surface area (Å²) in [6.45, 7) is 4.66. The molecule has 140 valence electrons. The number of benzene rings is 1. The van der Waals surface area contributed by atoms with E-state index in [0.717, 1.165) is 32.5 Å². The summed E-state index contributed by atoms with van der Waals surface area (Å²) in [7, 11) is 0. The normalized spacial score (nSPS) is 23.3. The van der Waals surface area contributed by atoms with Crippen molar-refractivity contribution in [2.24, 2.45) is 5.92 Å². The lowest BCUT2D eigenvalue weighted by Crippen LogP contribution is -2.46. The first-order valence-corrected chi connectivity index (χ1v) is 9.19. The van der Waals surface area contributed by atoms with E-state index in [4.69, 9.17) is 0 Å². The fraction of sp³-hybridized carbons (Fsp3) is 0.526. The predicted octanol–water partition coefficient (Wildman–Crippen LogP) is 0.955. The SMILES string of the molecule is CCC[C@H]1CN(Cc2ccccc2)C[C@@H]1NC(=O)CN1CC(=O)NC1=O. The Labute approximate surface area is 153 Å². The van der Waals surface area contributed by atoms with Gasteiger partial charge in [0.25, 0.3) is 0 Å². The molecule has 2 saturated heterocycles. The second-order valence-corrected chi connectivity index (χ2v) is 7.11. The second kappa shape index (κ2) is 8.31. The summed E-state index contributed by atoms with van der Waals surface area (Å²) in [5, 5.41) is 5.27. The number of rotatable bonds is 7. The minimum atomic E-state index is -0.493. The van der Waals surface area contributed by atoms with Crippen LogP contribution in [-0.4, -0.2) is 59.9 Å². The standard InChI is InChI=1S/C19H26N4O3/c1-2-6-15-10-22(9-14-7-4-3-5-8-14)11-16(15)20-17(24)12-23-13-18(25)21-19(23)26/h3-5,7-8,15-16H,2,6,9-13H2,1H3,(H,20,24)(H,21,25,26)/t15-,16-/m0/s1. The quantitative estimate of drug-likeness (QED) is 0.711. The van der Waals surface area contributed by atoms with Crippen LogP contribution in [0.1, 0.15) is 25.3 Å². The molecular weight excluding hydrogens is 332 g/mol. The maximum atomic E-state index is 12.4. The van der Waals surface area contributed by atoms with Crippen molar-refractivity contribution in [3.63, 3.8) is 0 Å². The Hall–Kier alpha value is -2.41. The van der Waals surface area contributed by atoms with Gasteiger partial charge in [0.1, 0.15) is 13.1 Å². The predicted molar refractivity (Wildman–Crippen MR) is 97.2 cm³/mol. The lowest BCUT2D eigenvalue weighted by molar-refractivity contribution is -0.122. The van der Waals surface area contributed by atoms with Crippen molar-refractivity contribution in [1.29, 1.82) is 0 Å². The zero-order valence-electron chi connectivity index (χ0n) is 15.1. The van der Waals surface area contributed by atoms with Gasteiger partial charge in [-0.25, -0.2) is 4.79 Å². The van der Waals surface area contributed by atoms with Crippen molar-refractivity contribution in [3.05, 3.63) is 35.9 Å². The molecule has 2 N–H and O–H groups in total. The summed E-state index contributed by atoms with van der Waals surface area (Å²) >= 11 is 0. The van der Waals surface area contributed by atoms with E-state index in [2.05, 4.69) is 34.6 Å². The number of urea groups is 1. The van der Waals surface area contributed by atoms with E-state index in [1.165, 1.54) is 10.5 Å². The number of likely N-dealkylation sites (tertiary alicyclic amines) is 1. The van der Waals surface area contributed by atoms with Gasteiger partial charge in [-0.3, -0.25) is 19.8 Å². The monoisotopic (exact) mass is 358 g/mol. The largest absolute Gasteiger partial charge is 0.350 e. The third-order valence-electron chi connectivity index (χ3n) is 4.97. The molecule has 3 rings (SSSR count). The van der Waals surface area contributed by atoms with Crippen molar-refractivity contribution in [2.45, 2.75) is 32.4 Å². The zero-order chi connectivity index (χ0) is 18.5. The lowest BCUT2D eigenvalue weighted by Gasteiger charge is -2.21. The van der Waals surface area contributed by atoms with Crippen LogP contribution in [0.25, 0.3) is 0 Å². The first-order valence-electron chi connectivity index (χ1n) is 9.19. The van der Waals surface area contributed by atoms with Crippen molar-refractivity contribution in [2.75, 3.05) is 26.2 Å². The van der Waals surface area contributed by atoms with Crippen LogP contribution in [-0.2, 0) is 16.1 Å². The average molecular weight is 358 g/mol. The van der Waals surface area contributed by atoms with Crippen LogP contribution in [0.2, 0.25) is 0 Å². The van der Waals surface area contributed by atoms with Crippen LogP contribution in [0, 0.1) is 5.92 Å². The number of amides is 4. The summed E-state index contributed by atoms with van der Waals surface area (Å²) in [5.41, 5.74) is 1.27. The van der Waals surface area contributed by atoms with Crippen LogP contribution in [0.5, 0.6) is 0 Å². The molecule has 0 aromatic heterocycles. The molecule has 2 heterocycles. The molecule has 0 bridgehead atoms. The van der Waals surface area contributed by atoms with Gasteiger partial charge < -0.3 is 10.2 Å². The van der Waals surface area contributed by atoms with Crippen molar-refractivity contribution in [1.82, 2.24) is 20.4 Å². The van der Waals surface area contributed by atoms with Gasteiger partial charge in [0.15, 0.2) is 0 Å². The van der Waals surface area contributed by atoms with Crippen molar-refractivity contribution < 1.29 is 14.4 Å². The maximum absolute atomic E-state index is 12.4. The second-order valence-electron chi connectivity index (χ2n) is 7.11. The number of carbonyl (C=O) groups excluding carboxylic acids is 3. The van der Waals surface area contributed by atoms with Crippen LogP contribution < -0.4 is 10.6 Å². The van der Waals surface area contributed by atoms with E-state index in [0.29, 0.717) is 5.92 Å². The summed E-state index contributed by atoms with van der Waals surface area (Å²) in [5.74, 6) is -0.161. The zero-order valence-corrected chi connectivity index (χ0v) is 15.1. The average Bonchev–Trinajstić information content (AvgIpc) is 3.11. The van der Waals surface area contributed by atoms with E-state index in [9.17, 15) is 14.4 Å². The number of hydrogen-bond acceptors (Lipinski definition) is 4. The van der Waals surface area contributed by atoms with Gasteiger partial charge >= 0.3 is 6.03 Å². The van der Waals surface area contributed by atoms with E-state index in [-0.39, 0.29) is 30.9 Å². The van der Waals surface area contributed by atoms with E-state index in [1.807, 2.05) is 18.2 Å². The van der Waals surface area contributed by atoms with Gasteiger partial charge in [0.05, 0.1) is 0 Å². The van der Waals surface area contributed by atoms with Crippen LogP contribution in [0.15, 0.2) is 30.3 Å². The van der Waals surface area contributed by atoms with Gasteiger partial charge in [-0.1, -0.05) is 43.7 Å².